The minimum absolute atomic E-state index is 0. The van der Waals surface area contributed by atoms with E-state index in [4.69, 9.17) is 0 Å². The monoisotopic (exact) mass is 652 g/mol. The molecule has 0 bridgehead atoms. The molecule has 0 aromatic heterocycles. The zero-order chi connectivity index (χ0) is 29.3. The molecule has 0 saturated heterocycles. The van der Waals surface area contributed by atoms with E-state index in [9.17, 15) is 19.8 Å². The second-order valence-electron chi connectivity index (χ2n) is 9.81. The van der Waals surface area contributed by atoms with Crippen molar-refractivity contribution in [2.24, 2.45) is 0 Å². The summed E-state index contributed by atoms with van der Waals surface area (Å²) >= 11 is 0. The number of benzene rings is 1. The van der Waals surface area contributed by atoms with Crippen LogP contribution in [-0.2, 0) is 11.2 Å². The molecule has 224 valence electrons. The molecule has 4 radical (unpaired) electrons. The van der Waals surface area contributed by atoms with Crippen molar-refractivity contribution in [2.45, 2.75) is 156 Å². The minimum Gasteiger partial charge on any atom is -0.550 e. The Labute approximate surface area is 260 Å². The summed E-state index contributed by atoms with van der Waals surface area (Å²) < 4.78 is 0. The van der Waals surface area contributed by atoms with E-state index in [0.717, 1.165) is 44.9 Å². The maximum absolute atomic E-state index is 10.4. The summed E-state index contributed by atoms with van der Waals surface area (Å²) in [6.45, 7) is 15.8. The Kier molecular flexibility index (Phi) is 45.1. The van der Waals surface area contributed by atoms with E-state index in [2.05, 4.69) is 41.5 Å². The van der Waals surface area contributed by atoms with Gasteiger partial charge in [0.2, 0.25) is 0 Å². The molecule has 0 amide bonds. The Morgan fingerprint density at radius 3 is 1.26 bits per heavy atom. The Morgan fingerprint density at radius 1 is 0.590 bits per heavy atom. The van der Waals surface area contributed by atoms with Crippen molar-refractivity contribution in [3.63, 3.8) is 0 Å². The number of aliphatic carboxylic acids is 1. The quantitative estimate of drug-likeness (QED) is 0.112. The van der Waals surface area contributed by atoms with Crippen molar-refractivity contribution in [1.29, 1.82) is 0 Å². The molecule has 5 heteroatoms. The van der Waals surface area contributed by atoms with E-state index in [0.29, 0.717) is 0 Å². The SMILES string of the molecule is CCCCCCCCCCCCCCC(=O)[O-].CCCCc1ccc(C(=O)[O-])cc1.[CH2]CCC.[CH2]CCC.[Sn+2]. The van der Waals surface area contributed by atoms with Crippen LogP contribution in [-0.4, -0.2) is 35.8 Å². The van der Waals surface area contributed by atoms with Crippen LogP contribution < -0.4 is 10.2 Å². The van der Waals surface area contributed by atoms with Gasteiger partial charge in [-0.15, -0.1) is 0 Å². The van der Waals surface area contributed by atoms with Crippen molar-refractivity contribution >= 4 is 35.8 Å². The van der Waals surface area contributed by atoms with Gasteiger partial charge in [-0.1, -0.05) is 169 Å². The number of aromatic carboxylic acids is 1. The zero-order valence-corrected chi connectivity index (χ0v) is 28.9. The molecule has 4 nitrogen and oxygen atoms in total. The number of rotatable bonds is 19. The van der Waals surface area contributed by atoms with Gasteiger partial charge in [-0.05, 0) is 36.8 Å². The third-order valence-electron chi connectivity index (χ3n) is 5.95. The molecular weight excluding hydrogens is 591 g/mol. The molecule has 1 aromatic rings. The van der Waals surface area contributed by atoms with Gasteiger partial charge in [0, 0.05) is 5.97 Å². The molecule has 0 heterocycles. The number of hydrogen-bond donors (Lipinski definition) is 0. The van der Waals surface area contributed by atoms with Crippen LogP contribution in [0.5, 0.6) is 0 Å². The van der Waals surface area contributed by atoms with Gasteiger partial charge < -0.3 is 19.8 Å². The summed E-state index contributed by atoms with van der Waals surface area (Å²) in [6, 6.07) is 6.89. The van der Waals surface area contributed by atoms with Crippen molar-refractivity contribution in [1.82, 2.24) is 0 Å². The average Bonchev–Trinajstić information content (AvgIpc) is 2.93. The maximum Gasteiger partial charge on any atom is 2.00 e. The fourth-order valence-electron chi connectivity index (χ4n) is 3.30. The number of carboxylic acids is 2. The molecule has 0 aliphatic carbocycles. The fraction of sp³-hybridized carbons (Fsp3) is 0.706. The summed E-state index contributed by atoms with van der Waals surface area (Å²) in [7, 11) is 0. The van der Waals surface area contributed by atoms with Crippen LogP contribution in [0.25, 0.3) is 0 Å². The summed E-state index contributed by atoms with van der Waals surface area (Å²) in [5.74, 6) is -2.01. The van der Waals surface area contributed by atoms with Gasteiger partial charge in [0.1, 0.15) is 0 Å². The number of carbonyl (C=O) groups is 2. The van der Waals surface area contributed by atoms with Gasteiger partial charge in [-0.3, -0.25) is 0 Å². The molecule has 0 spiro atoms. The van der Waals surface area contributed by atoms with Gasteiger partial charge in [-0.25, -0.2) is 0 Å². The summed E-state index contributed by atoms with van der Waals surface area (Å²) in [5.41, 5.74) is 1.44. The second-order valence-corrected chi connectivity index (χ2v) is 9.81. The van der Waals surface area contributed by atoms with Gasteiger partial charge >= 0.3 is 23.9 Å². The van der Waals surface area contributed by atoms with E-state index in [1.165, 1.54) is 82.6 Å². The van der Waals surface area contributed by atoms with Crippen LogP contribution in [0.1, 0.15) is 166 Å². The van der Waals surface area contributed by atoms with Crippen molar-refractivity contribution in [2.75, 3.05) is 0 Å². The van der Waals surface area contributed by atoms with E-state index in [1.807, 2.05) is 12.1 Å². The van der Waals surface area contributed by atoms with Gasteiger partial charge in [0.15, 0.2) is 0 Å². The van der Waals surface area contributed by atoms with Crippen LogP contribution in [0.15, 0.2) is 24.3 Å². The van der Waals surface area contributed by atoms with E-state index < -0.39 is 11.9 Å². The topological polar surface area (TPSA) is 80.3 Å². The van der Waals surface area contributed by atoms with E-state index >= 15 is 0 Å². The molecule has 0 atom stereocenters. The van der Waals surface area contributed by atoms with Crippen molar-refractivity contribution in [3.05, 3.63) is 49.2 Å². The second kappa shape index (κ2) is 39.1. The first-order valence-electron chi connectivity index (χ1n) is 15.4. The normalized spacial score (nSPS) is 9.49. The van der Waals surface area contributed by atoms with E-state index in [-0.39, 0.29) is 35.9 Å². The van der Waals surface area contributed by atoms with Gasteiger partial charge in [0.25, 0.3) is 0 Å². The molecule has 39 heavy (non-hydrogen) atoms. The number of carboxylic acid groups (broad SMARTS) is 2. The first-order chi connectivity index (χ1) is 18.3. The van der Waals surface area contributed by atoms with Crippen LogP contribution >= 0.6 is 0 Å². The maximum atomic E-state index is 10.4. The molecule has 0 aliphatic heterocycles. The largest absolute Gasteiger partial charge is 2.00 e. The first-order valence-corrected chi connectivity index (χ1v) is 15.4. The summed E-state index contributed by atoms with van der Waals surface area (Å²) in [5, 5.41) is 20.6. The molecule has 0 saturated carbocycles. The zero-order valence-electron chi connectivity index (χ0n) is 26.0. The van der Waals surface area contributed by atoms with Crippen molar-refractivity contribution < 1.29 is 19.8 Å². The van der Waals surface area contributed by atoms with Gasteiger partial charge in [-0.2, -0.15) is 0 Å². The predicted octanol–water partition coefficient (Wildman–Crippen LogP) is 8.08. The Balaban J connectivity index is -0.000000245. The third kappa shape index (κ3) is 41.6. The number of hydrogen-bond acceptors (Lipinski definition) is 4. The predicted molar refractivity (Wildman–Crippen MR) is 166 cm³/mol. The van der Waals surface area contributed by atoms with Crippen LogP contribution in [0.3, 0.4) is 0 Å². The number of aryl methyl sites for hydroxylation is 1. The molecule has 0 N–H and O–H groups in total. The molecule has 0 unspecified atom stereocenters. The standard InChI is InChI=1S/C15H30O2.C11H14O2.2C4H9.Sn/c1-2-3-4-5-6-7-8-9-10-11-12-13-14-15(16)17;1-2-3-4-9-5-7-10(8-6-9)11(12)13;2*1-3-4-2;/h2-14H2,1H3,(H,16,17);5-8H,2-4H2,1H3,(H,12,13);2*1,3-4H2,2H3;/q;;;;+2/p-2. The van der Waals surface area contributed by atoms with Gasteiger partial charge in [0.05, 0.1) is 5.97 Å². The molecular formula is C34H60O4Sn. The smallest absolute Gasteiger partial charge is 0.550 e. The van der Waals surface area contributed by atoms with Crippen molar-refractivity contribution in [3.8, 4) is 0 Å². The minimum atomic E-state index is -1.11. The Bertz CT molecular complexity index is 594. The Morgan fingerprint density at radius 2 is 0.949 bits per heavy atom. The van der Waals surface area contributed by atoms with E-state index in [1.54, 1.807) is 12.1 Å². The molecule has 1 aromatic carbocycles. The molecule has 0 aliphatic rings. The molecule has 0 fully saturated rings. The fourth-order valence-corrected chi connectivity index (χ4v) is 3.30. The summed E-state index contributed by atoms with van der Waals surface area (Å²) in [6.07, 6.45) is 23.4. The number of carbonyl (C=O) groups excluding carboxylic acids is 2. The Hall–Kier alpha value is -1.04. The van der Waals surface area contributed by atoms with Crippen LogP contribution in [0.4, 0.5) is 0 Å². The van der Waals surface area contributed by atoms with Crippen LogP contribution in [0, 0.1) is 13.8 Å². The summed E-state index contributed by atoms with van der Waals surface area (Å²) in [4.78, 5) is 20.6. The first kappa shape index (κ1) is 45.0. The number of unbranched alkanes of at least 4 members (excludes halogenated alkanes) is 14. The van der Waals surface area contributed by atoms with Crippen LogP contribution in [0.2, 0.25) is 0 Å². The third-order valence-corrected chi connectivity index (χ3v) is 5.95. The molecule has 1 rings (SSSR count). The average molecular weight is 652 g/mol.